The topological polar surface area (TPSA) is 156 Å². The molecule has 4 aromatic rings. The number of ether oxygens (including phenoxy) is 2. The highest BCUT2D eigenvalue weighted by Crippen LogP contribution is 2.28. The van der Waals surface area contributed by atoms with E-state index in [4.69, 9.17) is 15.2 Å². The van der Waals surface area contributed by atoms with Gasteiger partial charge in [0.15, 0.2) is 17.2 Å². The van der Waals surface area contributed by atoms with E-state index in [1.165, 1.54) is 18.0 Å². The normalized spacial score (nSPS) is 11.0. The standard InChI is InChI=1S/C21H20N8O4/c1-12-4-7-14(8-5-12)18-17(24-28-29(18)20-19(22)26-33-27-20)21(30)25-23-11-13-6-9-15(31-2)16(10-13)32-3/h4-11H,1-3H3,(H2,22,26)(H,25,30)/b23-11-. The van der Waals surface area contributed by atoms with Gasteiger partial charge in [-0.2, -0.15) is 9.78 Å². The monoisotopic (exact) mass is 448 g/mol. The van der Waals surface area contributed by atoms with Gasteiger partial charge in [-0.3, -0.25) is 4.79 Å². The summed E-state index contributed by atoms with van der Waals surface area (Å²) in [7, 11) is 3.08. The molecule has 0 bridgehead atoms. The van der Waals surface area contributed by atoms with Crippen LogP contribution in [-0.4, -0.2) is 51.6 Å². The average molecular weight is 448 g/mol. The number of rotatable bonds is 7. The maximum absolute atomic E-state index is 12.9. The molecule has 0 aliphatic rings. The third-order valence-electron chi connectivity index (χ3n) is 4.69. The van der Waals surface area contributed by atoms with Gasteiger partial charge >= 0.3 is 0 Å². The largest absolute Gasteiger partial charge is 0.493 e. The summed E-state index contributed by atoms with van der Waals surface area (Å²) in [5, 5.41) is 19.4. The van der Waals surface area contributed by atoms with Crippen LogP contribution in [0.3, 0.4) is 0 Å². The average Bonchev–Trinajstić information content (AvgIpc) is 3.45. The predicted molar refractivity (Wildman–Crippen MR) is 118 cm³/mol. The van der Waals surface area contributed by atoms with E-state index in [1.54, 1.807) is 25.3 Å². The fourth-order valence-electron chi connectivity index (χ4n) is 3.04. The van der Waals surface area contributed by atoms with Crippen LogP contribution in [0.2, 0.25) is 0 Å². The Morgan fingerprint density at radius 3 is 2.55 bits per heavy atom. The number of nitrogens with zero attached hydrogens (tertiary/aromatic N) is 6. The Morgan fingerprint density at radius 1 is 1.12 bits per heavy atom. The Bertz CT molecular complexity index is 1310. The lowest BCUT2D eigenvalue weighted by Gasteiger charge is -2.07. The number of hydrazone groups is 1. The van der Waals surface area contributed by atoms with Gasteiger partial charge in [-0.1, -0.05) is 35.0 Å². The number of nitrogen functional groups attached to an aromatic ring is 1. The molecule has 2 aromatic carbocycles. The smallest absolute Gasteiger partial charge is 0.294 e. The van der Waals surface area contributed by atoms with Gasteiger partial charge in [-0.05, 0) is 41.0 Å². The number of hydrogen-bond acceptors (Lipinski definition) is 10. The second kappa shape index (κ2) is 9.18. The molecule has 0 atom stereocenters. The van der Waals surface area contributed by atoms with Crippen molar-refractivity contribution in [1.29, 1.82) is 0 Å². The number of hydrogen-bond donors (Lipinski definition) is 2. The molecule has 0 unspecified atom stereocenters. The van der Waals surface area contributed by atoms with Gasteiger partial charge < -0.3 is 15.2 Å². The highest BCUT2D eigenvalue weighted by atomic mass is 16.6. The highest BCUT2D eigenvalue weighted by Gasteiger charge is 2.25. The van der Waals surface area contributed by atoms with E-state index in [2.05, 4.69) is 35.8 Å². The maximum Gasteiger partial charge on any atom is 0.294 e. The third-order valence-corrected chi connectivity index (χ3v) is 4.69. The van der Waals surface area contributed by atoms with Gasteiger partial charge in [0.05, 0.1) is 20.4 Å². The van der Waals surface area contributed by atoms with Crippen LogP contribution in [0.5, 0.6) is 11.5 Å². The molecular formula is C21H20N8O4. The quantitative estimate of drug-likeness (QED) is 0.319. The summed E-state index contributed by atoms with van der Waals surface area (Å²) >= 11 is 0. The van der Waals surface area contributed by atoms with Crippen LogP contribution in [0.25, 0.3) is 17.1 Å². The minimum absolute atomic E-state index is 0.00620. The number of anilines is 1. The summed E-state index contributed by atoms with van der Waals surface area (Å²) in [6.07, 6.45) is 1.47. The van der Waals surface area contributed by atoms with Crippen molar-refractivity contribution in [1.82, 2.24) is 30.7 Å². The molecule has 12 nitrogen and oxygen atoms in total. The minimum Gasteiger partial charge on any atom is -0.493 e. The van der Waals surface area contributed by atoms with Gasteiger partial charge in [0.25, 0.3) is 5.91 Å². The van der Waals surface area contributed by atoms with Crippen molar-refractivity contribution >= 4 is 17.9 Å². The van der Waals surface area contributed by atoms with Crippen LogP contribution in [0.4, 0.5) is 5.82 Å². The first-order valence-corrected chi connectivity index (χ1v) is 9.68. The second-order valence-electron chi connectivity index (χ2n) is 6.85. The van der Waals surface area contributed by atoms with E-state index in [1.807, 2.05) is 31.2 Å². The fourth-order valence-corrected chi connectivity index (χ4v) is 3.04. The molecule has 0 radical (unpaired) electrons. The molecule has 0 aliphatic heterocycles. The lowest BCUT2D eigenvalue weighted by atomic mass is 10.1. The third kappa shape index (κ3) is 4.35. The van der Waals surface area contributed by atoms with E-state index >= 15 is 0 Å². The first-order chi connectivity index (χ1) is 16.0. The van der Waals surface area contributed by atoms with Gasteiger partial charge in [-0.25, -0.2) is 10.1 Å². The van der Waals surface area contributed by atoms with E-state index in [9.17, 15) is 4.79 Å². The Labute approximate surface area is 188 Å². The summed E-state index contributed by atoms with van der Waals surface area (Å²) in [6, 6.07) is 12.7. The van der Waals surface area contributed by atoms with Crippen molar-refractivity contribution in [3.05, 3.63) is 59.3 Å². The first kappa shape index (κ1) is 21.5. The number of carbonyl (C=O) groups is 1. The van der Waals surface area contributed by atoms with E-state index in [0.29, 0.717) is 28.3 Å². The molecule has 1 amide bonds. The van der Waals surface area contributed by atoms with Gasteiger partial charge in [0.1, 0.15) is 5.69 Å². The van der Waals surface area contributed by atoms with Crippen molar-refractivity contribution in [3.63, 3.8) is 0 Å². The van der Waals surface area contributed by atoms with Crippen molar-refractivity contribution in [2.75, 3.05) is 20.0 Å². The van der Waals surface area contributed by atoms with Crippen LogP contribution < -0.4 is 20.6 Å². The van der Waals surface area contributed by atoms with Gasteiger partial charge in [-0.15, -0.1) is 5.10 Å². The van der Waals surface area contributed by atoms with Gasteiger partial charge in [0, 0.05) is 5.56 Å². The van der Waals surface area contributed by atoms with Crippen molar-refractivity contribution < 1.29 is 18.9 Å². The Kier molecular flexibility index (Phi) is 5.98. The van der Waals surface area contributed by atoms with E-state index < -0.39 is 5.91 Å². The van der Waals surface area contributed by atoms with Crippen LogP contribution in [0, 0.1) is 6.92 Å². The lowest BCUT2D eigenvalue weighted by molar-refractivity contribution is 0.0950. The number of benzene rings is 2. The summed E-state index contributed by atoms with van der Waals surface area (Å²) in [4.78, 5) is 12.9. The molecular weight excluding hydrogens is 428 g/mol. The molecule has 33 heavy (non-hydrogen) atoms. The molecule has 3 N–H and O–H groups in total. The van der Waals surface area contributed by atoms with Gasteiger partial charge in [0.2, 0.25) is 11.6 Å². The summed E-state index contributed by atoms with van der Waals surface area (Å²) < 4.78 is 16.5. The number of amides is 1. The van der Waals surface area contributed by atoms with Crippen LogP contribution in [0.15, 0.2) is 52.2 Å². The number of aromatic nitrogens is 5. The zero-order chi connectivity index (χ0) is 23.4. The minimum atomic E-state index is -0.580. The molecule has 2 heterocycles. The van der Waals surface area contributed by atoms with Crippen LogP contribution in [-0.2, 0) is 0 Å². The predicted octanol–water partition coefficient (Wildman–Crippen LogP) is 1.99. The fraction of sp³-hybridized carbons (Fsp3) is 0.143. The molecule has 168 valence electrons. The van der Waals surface area contributed by atoms with Crippen LogP contribution >= 0.6 is 0 Å². The molecule has 0 fully saturated rings. The first-order valence-electron chi connectivity index (χ1n) is 9.68. The molecule has 2 aromatic heterocycles. The molecule has 0 aliphatic carbocycles. The number of carbonyl (C=O) groups excluding carboxylic acids is 1. The zero-order valence-electron chi connectivity index (χ0n) is 18.0. The Balaban J connectivity index is 1.64. The van der Waals surface area contributed by atoms with Crippen molar-refractivity contribution in [2.24, 2.45) is 5.10 Å². The van der Waals surface area contributed by atoms with E-state index in [0.717, 1.165) is 5.56 Å². The Morgan fingerprint density at radius 2 is 1.88 bits per heavy atom. The molecule has 4 rings (SSSR count). The summed E-state index contributed by atoms with van der Waals surface area (Å²) in [6.45, 7) is 1.95. The number of methoxy groups -OCH3 is 2. The second-order valence-corrected chi connectivity index (χ2v) is 6.85. The zero-order valence-corrected chi connectivity index (χ0v) is 18.0. The van der Waals surface area contributed by atoms with Crippen LogP contribution in [0.1, 0.15) is 21.6 Å². The number of nitrogens with one attached hydrogen (secondary N) is 1. The number of aryl methyl sites for hydroxylation is 1. The van der Waals surface area contributed by atoms with E-state index in [-0.39, 0.29) is 17.3 Å². The summed E-state index contributed by atoms with van der Waals surface area (Å²) in [5.74, 6) is 0.664. The molecule has 0 spiro atoms. The van der Waals surface area contributed by atoms with Crippen molar-refractivity contribution in [3.8, 4) is 28.6 Å². The lowest BCUT2D eigenvalue weighted by Crippen LogP contribution is -2.19. The molecule has 12 heteroatoms. The maximum atomic E-state index is 12.9. The molecule has 0 saturated heterocycles. The number of nitrogens with two attached hydrogens (primary N) is 1. The SMILES string of the molecule is COc1ccc(/C=N\NC(=O)c2nnn(-c3nonc3N)c2-c2ccc(C)cc2)cc1OC. The Hall–Kier alpha value is -4.74. The molecule has 0 saturated carbocycles. The highest BCUT2D eigenvalue weighted by molar-refractivity contribution is 5.98. The van der Waals surface area contributed by atoms with Crippen molar-refractivity contribution in [2.45, 2.75) is 6.92 Å². The summed E-state index contributed by atoms with van der Waals surface area (Å²) in [5.41, 5.74) is 11.1.